The molecule has 4 aliphatic rings. The highest BCUT2D eigenvalue weighted by Gasteiger charge is 2.63. The highest BCUT2D eigenvalue weighted by atomic mass is 32.2. The van der Waals surface area contributed by atoms with Crippen LogP contribution in [0, 0.1) is 52.3 Å². The SMILES string of the molecule is CCC(C)C(=O)OC1CC[C@@]2(C)C(CCC3C2CC(O)[C@]2(C)C(C(C)CCC(=O)SC)CCC32)C1. The van der Waals surface area contributed by atoms with Gasteiger partial charge in [0.05, 0.1) is 12.0 Å². The molecule has 5 heteroatoms. The smallest absolute Gasteiger partial charge is 0.308 e. The highest BCUT2D eigenvalue weighted by molar-refractivity contribution is 8.13. The average Bonchev–Trinajstić information content (AvgIpc) is 3.21. The molecule has 0 heterocycles. The molecule has 0 aromatic rings. The van der Waals surface area contributed by atoms with Crippen LogP contribution in [0.1, 0.15) is 105 Å². The topological polar surface area (TPSA) is 63.6 Å². The number of hydrogen-bond acceptors (Lipinski definition) is 5. The quantitative estimate of drug-likeness (QED) is 0.381. The fourth-order valence-electron chi connectivity index (χ4n) is 9.35. The number of ether oxygens (including phenoxy) is 1. The third kappa shape index (κ3) is 4.87. The Labute approximate surface area is 218 Å². The van der Waals surface area contributed by atoms with Crippen LogP contribution in [0.2, 0.25) is 0 Å². The number of aliphatic hydroxyl groups is 1. The van der Waals surface area contributed by atoms with Crippen LogP contribution < -0.4 is 0 Å². The molecule has 0 aromatic heterocycles. The van der Waals surface area contributed by atoms with Crippen molar-refractivity contribution in [3.05, 3.63) is 0 Å². The molecule has 1 N–H and O–H groups in total. The predicted octanol–water partition coefficient (Wildman–Crippen LogP) is 6.88. The first-order valence-electron chi connectivity index (χ1n) is 14.5. The van der Waals surface area contributed by atoms with Gasteiger partial charge in [0.15, 0.2) is 5.12 Å². The maximum Gasteiger partial charge on any atom is 0.308 e. The number of fused-ring (bicyclic) bond motifs is 5. The van der Waals surface area contributed by atoms with Crippen molar-refractivity contribution in [1.29, 1.82) is 0 Å². The van der Waals surface area contributed by atoms with Gasteiger partial charge in [0, 0.05) is 6.42 Å². The second kappa shape index (κ2) is 10.7. The van der Waals surface area contributed by atoms with E-state index in [0.29, 0.717) is 41.9 Å². The van der Waals surface area contributed by atoms with E-state index in [-0.39, 0.29) is 40.0 Å². The predicted molar refractivity (Wildman–Crippen MR) is 143 cm³/mol. The van der Waals surface area contributed by atoms with E-state index in [1.54, 1.807) is 0 Å². The summed E-state index contributed by atoms with van der Waals surface area (Å²) in [6.45, 7) is 11.2. The van der Waals surface area contributed by atoms with Gasteiger partial charge in [0.2, 0.25) is 0 Å². The van der Waals surface area contributed by atoms with Crippen LogP contribution in [-0.2, 0) is 14.3 Å². The fourth-order valence-corrected chi connectivity index (χ4v) is 9.67. The van der Waals surface area contributed by atoms with E-state index >= 15 is 0 Å². The molecule has 4 saturated carbocycles. The van der Waals surface area contributed by atoms with E-state index in [1.807, 2.05) is 20.1 Å². The average molecular weight is 507 g/mol. The first-order chi connectivity index (χ1) is 16.6. The summed E-state index contributed by atoms with van der Waals surface area (Å²) in [6, 6.07) is 0. The van der Waals surface area contributed by atoms with E-state index in [4.69, 9.17) is 4.74 Å². The van der Waals surface area contributed by atoms with Crippen LogP contribution in [0.5, 0.6) is 0 Å². The minimum absolute atomic E-state index is 0.0123. The molecule has 4 rings (SSSR count). The zero-order valence-electron chi connectivity index (χ0n) is 23.1. The van der Waals surface area contributed by atoms with Crippen molar-refractivity contribution < 1.29 is 19.4 Å². The van der Waals surface area contributed by atoms with Crippen molar-refractivity contribution in [1.82, 2.24) is 0 Å². The summed E-state index contributed by atoms with van der Waals surface area (Å²) < 4.78 is 5.95. The molecule has 9 unspecified atom stereocenters. The Hall–Kier alpha value is -0.550. The minimum Gasteiger partial charge on any atom is -0.462 e. The molecule has 200 valence electrons. The van der Waals surface area contributed by atoms with Gasteiger partial charge < -0.3 is 9.84 Å². The van der Waals surface area contributed by atoms with Crippen LogP contribution >= 0.6 is 11.8 Å². The zero-order chi connectivity index (χ0) is 25.5. The summed E-state index contributed by atoms with van der Waals surface area (Å²) >= 11 is 1.35. The Bertz CT molecular complexity index is 784. The van der Waals surface area contributed by atoms with Crippen molar-refractivity contribution in [2.24, 2.45) is 52.3 Å². The molecule has 0 aromatic carbocycles. The molecule has 0 radical (unpaired) electrons. The first-order valence-corrected chi connectivity index (χ1v) is 15.7. The van der Waals surface area contributed by atoms with Crippen LogP contribution in [0.15, 0.2) is 0 Å². The summed E-state index contributed by atoms with van der Waals surface area (Å²) in [5.41, 5.74) is 0.230. The maximum absolute atomic E-state index is 12.4. The minimum atomic E-state index is -0.253. The van der Waals surface area contributed by atoms with Gasteiger partial charge in [-0.2, -0.15) is 0 Å². The third-order valence-electron chi connectivity index (χ3n) is 11.8. The second-order valence-electron chi connectivity index (χ2n) is 13.2. The molecule has 0 aliphatic heterocycles. The zero-order valence-corrected chi connectivity index (χ0v) is 23.9. The lowest BCUT2D eigenvalue weighted by molar-refractivity contribution is -0.183. The van der Waals surface area contributed by atoms with Gasteiger partial charge in [0.1, 0.15) is 6.10 Å². The standard InChI is InChI=1S/C30H50O4S/c1-7-18(2)28(33)34-21-14-15-29(4)20(16-21)9-10-22-24-12-11-23(19(3)8-13-27(32)35-6)30(24,5)26(31)17-25(22)29/h18-26,31H,7-17H2,1-6H3/t18?,19?,20?,21?,22?,23?,24?,25?,26?,29-,30+/m0/s1. The molecule has 0 spiro atoms. The molecular formula is C30H50O4S. The number of aliphatic hydroxyl groups excluding tert-OH is 1. The lowest BCUT2D eigenvalue weighted by Crippen LogP contribution is -2.59. The van der Waals surface area contributed by atoms with Crippen molar-refractivity contribution in [2.75, 3.05) is 6.26 Å². The summed E-state index contributed by atoms with van der Waals surface area (Å²) in [5, 5.41) is 12.0. The van der Waals surface area contributed by atoms with Crippen LogP contribution in [0.25, 0.3) is 0 Å². The molecule has 11 atom stereocenters. The van der Waals surface area contributed by atoms with Crippen LogP contribution in [0.3, 0.4) is 0 Å². The summed E-state index contributed by atoms with van der Waals surface area (Å²) in [6.07, 6.45) is 13.1. The normalized spacial score (nSPS) is 44.5. The van der Waals surface area contributed by atoms with E-state index in [0.717, 1.165) is 38.5 Å². The molecule has 4 nitrogen and oxygen atoms in total. The summed E-state index contributed by atoms with van der Waals surface area (Å²) in [5.74, 6) is 3.43. The van der Waals surface area contributed by atoms with E-state index in [9.17, 15) is 14.7 Å². The van der Waals surface area contributed by atoms with Crippen molar-refractivity contribution in [3.8, 4) is 0 Å². The van der Waals surface area contributed by atoms with Crippen LogP contribution in [-0.4, -0.2) is 34.7 Å². The Balaban J connectivity index is 1.45. The molecular weight excluding hydrogens is 456 g/mol. The Morgan fingerprint density at radius 3 is 2.49 bits per heavy atom. The van der Waals surface area contributed by atoms with Crippen molar-refractivity contribution in [3.63, 3.8) is 0 Å². The molecule has 4 aliphatic carbocycles. The first kappa shape index (κ1) is 27.5. The lowest BCUT2D eigenvalue weighted by atomic mass is 9.43. The third-order valence-corrected chi connectivity index (χ3v) is 12.5. The van der Waals surface area contributed by atoms with E-state index < -0.39 is 0 Å². The molecule has 0 saturated heterocycles. The monoisotopic (exact) mass is 506 g/mol. The number of thioether (sulfide) groups is 1. The molecule has 0 amide bonds. The van der Waals surface area contributed by atoms with Gasteiger partial charge in [-0.25, -0.2) is 0 Å². The van der Waals surface area contributed by atoms with Gasteiger partial charge >= 0.3 is 5.97 Å². The van der Waals surface area contributed by atoms with E-state index in [2.05, 4.69) is 20.8 Å². The lowest BCUT2D eigenvalue weighted by Gasteiger charge is -2.62. The van der Waals surface area contributed by atoms with Crippen LogP contribution in [0.4, 0.5) is 0 Å². The Kier molecular flexibility index (Phi) is 8.38. The second-order valence-corrected chi connectivity index (χ2v) is 14.1. The summed E-state index contributed by atoms with van der Waals surface area (Å²) in [7, 11) is 0. The van der Waals surface area contributed by atoms with Crippen molar-refractivity contribution in [2.45, 2.75) is 117 Å². The Morgan fingerprint density at radius 1 is 1.06 bits per heavy atom. The Morgan fingerprint density at radius 2 is 1.80 bits per heavy atom. The number of rotatable bonds is 7. The van der Waals surface area contributed by atoms with Gasteiger partial charge in [-0.05, 0) is 117 Å². The number of carbonyl (C=O) groups is 2. The van der Waals surface area contributed by atoms with Gasteiger partial charge in [0.25, 0.3) is 0 Å². The number of carbonyl (C=O) groups excluding carboxylic acids is 2. The maximum atomic E-state index is 12.4. The summed E-state index contributed by atoms with van der Waals surface area (Å²) in [4.78, 5) is 24.4. The number of esters is 1. The largest absolute Gasteiger partial charge is 0.462 e. The van der Waals surface area contributed by atoms with Crippen molar-refractivity contribution >= 4 is 22.8 Å². The molecule has 35 heavy (non-hydrogen) atoms. The van der Waals surface area contributed by atoms with Gasteiger partial charge in [-0.3, -0.25) is 9.59 Å². The molecule has 4 fully saturated rings. The van der Waals surface area contributed by atoms with Gasteiger partial charge in [-0.1, -0.05) is 46.4 Å². The highest BCUT2D eigenvalue weighted by Crippen LogP contribution is 2.68. The fraction of sp³-hybridized carbons (Fsp3) is 0.933. The van der Waals surface area contributed by atoms with E-state index in [1.165, 1.54) is 37.4 Å². The van der Waals surface area contributed by atoms with Gasteiger partial charge in [-0.15, -0.1) is 0 Å². The number of hydrogen-bond donors (Lipinski definition) is 1. The molecule has 0 bridgehead atoms.